The van der Waals surface area contributed by atoms with Crippen LogP contribution in [0.15, 0.2) is 18.3 Å². The van der Waals surface area contributed by atoms with Crippen molar-refractivity contribution in [3.05, 3.63) is 29.6 Å². The van der Waals surface area contributed by atoms with Crippen molar-refractivity contribution in [1.82, 2.24) is 9.78 Å². The molecule has 1 aromatic rings. The first-order valence-electron chi connectivity index (χ1n) is 5.09. The maximum Gasteiger partial charge on any atom is 0.354 e. The van der Waals surface area contributed by atoms with Gasteiger partial charge in [-0.3, -0.25) is 4.68 Å². The van der Waals surface area contributed by atoms with Gasteiger partial charge in [0.05, 0.1) is 6.20 Å². The summed E-state index contributed by atoms with van der Waals surface area (Å²) in [4.78, 5) is 11.0. The number of carbonyl (C=O) groups is 1. The molecule has 1 heterocycles. The Morgan fingerprint density at radius 3 is 2.87 bits per heavy atom. The summed E-state index contributed by atoms with van der Waals surface area (Å²) in [6, 6.07) is 0. The molecule has 1 aromatic heterocycles. The summed E-state index contributed by atoms with van der Waals surface area (Å²) >= 11 is 0. The van der Waals surface area contributed by atoms with Gasteiger partial charge >= 0.3 is 5.97 Å². The molecule has 0 aromatic carbocycles. The SMILES string of the molecule is Cc1cnn(CC2CC=CC2)c1C(=O)O. The third-order valence-electron chi connectivity index (χ3n) is 2.76. The number of aryl methyl sites for hydroxylation is 1. The lowest BCUT2D eigenvalue weighted by Gasteiger charge is -2.10. The topological polar surface area (TPSA) is 55.1 Å². The highest BCUT2D eigenvalue weighted by atomic mass is 16.4. The van der Waals surface area contributed by atoms with Gasteiger partial charge in [0.1, 0.15) is 5.69 Å². The molecule has 0 spiro atoms. The van der Waals surface area contributed by atoms with E-state index in [2.05, 4.69) is 17.3 Å². The second kappa shape index (κ2) is 3.88. The van der Waals surface area contributed by atoms with Crippen molar-refractivity contribution in [2.24, 2.45) is 5.92 Å². The summed E-state index contributed by atoms with van der Waals surface area (Å²) in [5.74, 6) is -0.390. The molecular weight excluding hydrogens is 192 g/mol. The minimum atomic E-state index is -0.893. The third-order valence-corrected chi connectivity index (χ3v) is 2.76. The molecule has 1 aliphatic carbocycles. The van der Waals surface area contributed by atoms with E-state index < -0.39 is 5.97 Å². The van der Waals surface area contributed by atoms with Crippen LogP contribution in [0.3, 0.4) is 0 Å². The molecule has 0 bridgehead atoms. The molecule has 0 saturated carbocycles. The lowest BCUT2D eigenvalue weighted by molar-refractivity contribution is 0.0681. The molecule has 0 unspecified atom stereocenters. The molecule has 1 aliphatic rings. The summed E-state index contributed by atoms with van der Waals surface area (Å²) in [5.41, 5.74) is 1.05. The van der Waals surface area contributed by atoms with Gasteiger partial charge in [0.15, 0.2) is 0 Å². The second-order valence-electron chi connectivity index (χ2n) is 3.97. The molecule has 80 valence electrons. The van der Waals surface area contributed by atoms with Gasteiger partial charge in [0.25, 0.3) is 0 Å². The first kappa shape index (κ1) is 9.96. The summed E-state index contributed by atoms with van der Waals surface area (Å²) in [6.07, 6.45) is 7.95. The van der Waals surface area contributed by atoms with Crippen LogP contribution in [0.25, 0.3) is 0 Å². The van der Waals surface area contributed by atoms with Crippen LogP contribution in [0.5, 0.6) is 0 Å². The molecule has 4 nitrogen and oxygen atoms in total. The molecule has 15 heavy (non-hydrogen) atoms. The van der Waals surface area contributed by atoms with Crippen molar-refractivity contribution in [2.45, 2.75) is 26.3 Å². The van der Waals surface area contributed by atoms with Crippen molar-refractivity contribution in [3.8, 4) is 0 Å². The zero-order valence-electron chi connectivity index (χ0n) is 8.68. The van der Waals surface area contributed by atoms with Gasteiger partial charge in [-0.05, 0) is 25.7 Å². The quantitative estimate of drug-likeness (QED) is 0.768. The smallest absolute Gasteiger partial charge is 0.354 e. The van der Waals surface area contributed by atoms with E-state index in [1.807, 2.05) is 0 Å². The molecule has 4 heteroatoms. The Balaban J connectivity index is 2.17. The van der Waals surface area contributed by atoms with Gasteiger partial charge in [-0.25, -0.2) is 4.79 Å². The molecular formula is C11H14N2O2. The normalized spacial score (nSPS) is 16.1. The minimum Gasteiger partial charge on any atom is -0.477 e. The average molecular weight is 206 g/mol. The van der Waals surface area contributed by atoms with Crippen molar-refractivity contribution < 1.29 is 9.90 Å². The third kappa shape index (κ3) is 1.93. The van der Waals surface area contributed by atoms with Gasteiger partial charge < -0.3 is 5.11 Å². The maximum absolute atomic E-state index is 11.0. The zero-order chi connectivity index (χ0) is 10.8. The molecule has 1 N–H and O–H groups in total. The number of carboxylic acid groups (broad SMARTS) is 1. The maximum atomic E-state index is 11.0. The number of carboxylic acids is 1. The number of aromatic carboxylic acids is 1. The predicted octanol–water partition coefficient (Wildman–Crippen LogP) is 1.86. The van der Waals surface area contributed by atoms with Gasteiger partial charge in [0.2, 0.25) is 0 Å². The first-order valence-corrected chi connectivity index (χ1v) is 5.09. The Morgan fingerprint density at radius 1 is 1.60 bits per heavy atom. The Morgan fingerprint density at radius 2 is 2.27 bits per heavy atom. The summed E-state index contributed by atoms with van der Waals surface area (Å²) in [7, 11) is 0. The van der Waals surface area contributed by atoms with E-state index in [-0.39, 0.29) is 0 Å². The molecule has 0 atom stereocenters. The Labute approximate surface area is 88.2 Å². The average Bonchev–Trinajstić information content (AvgIpc) is 2.76. The van der Waals surface area contributed by atoms with E-state index in [1.165, 1.54) is 0 Å². The summed E-state index contributed by atoms with van der Waals surface area (Å²) in [5, 5.41) is 13.1. The van der Waals surface area contributed by atoms with Crippen LogP contribution in [0, 0.1) is 12.8 Å². The fraction of sp³-hybridized carbons (Fsp3) is 0.455. The highest BCUT2D eigenvalue weighted by Crippen LogP contribution is 2.20. The largest absolute Gasteiger partial charge is 0.477 e. The second-order valence-corrected chi connectivity index (χ2v) is 3.97. The first-order chi connectivity index (χ1) is 7.18. The van der Waals surface area contributed by atoms with Crippen LogP contribution in [0.1, 0.15) is 28.9 Å². The van der Waals surface area contributed by atoms with Crippen LogP contribution >= 0.6 is 0 Å². The standard InChI is InChI=1S/C11H14N2O2/c1-8-6-12-13(10(8)11(14)15)7-9-4-2-3-5-9/h2-3,6,9H,4-5,7H2,1H3,(H,14,15). The number of rotatable bonds is 3. The highest BCUT2D eigenvalue weighted by molar-refractivity contribution is 5.87. The molecule has 0 radical (unpaired) electrons. The number of hydrogen-bond donors (Lipinski definition) is 1. The highest BCUT2D eigenvalue weighted by Gasteiger charge is 2.18. The van der Waals surface area contributed by atoms with Crippen LogP contribution in [-0.4, -0.2) is 20.9 Å². The van der Waals surface area contributed by atoms with E-state index in [1.54, 1.807) is 17.8 Å². The van der Waals surface area contributed by atoms with E-state index in [0.29, 0.717) is 18.2 Å². The fourth-order valence-corrected chi connectivity index (χ4v) is 1.96. The lowest BCUT2D eigenvalue weighted by Crippen LogP contribution is -2.15. The Kier molecular flexibility index (Phi) is 2.58. The number of hydrogen-bond acceptors (Lipinski definition) is 2. The number of allylic oxidation sites excluding steroid dienone is 2. The molecule has 0 aliphatic heterocycles. The molecule has 2 rings (SSSR count). The van der Waals surface area contributed by atoms with Gasteiger partial charge in [-0.2, -0.15) is 5.10 Å². The van der Waals surface area contributed by atoms with E-state index in [0.717, 1.165) is 18.4 Å². The van der Waals surface area contributed by atoms with E-state index in [9.17, 15) is 4.79 Å². The molecule has 0 saturated heterocycles. The number of nitrogens with zero attached hydrogens (tertiary/aromatic N) is 2. The van der Waals surface area contributed by atoms with E-state index >= 15 is 0 Å². The fourth-order valence-electron chi connectivity index (χ4n) is 1.96. The number of aromatic nitrogens is 2. The van der Waals surface area contributed by atoms with Gasteiger partial charge in [-0.15, -0.1) is 0 Å². The van der Waals surface area contributed by atoms with Crippen LogP contribution in [0.4, 0.5) is 0 Å². The van der Waals surface area contributed by atoms with Crippen LogP contribution in [0.2, 0.25) is 0 Å². The van der Waals surface area contributed by atoms with E-state index in [4.69, 9.17) is 5.11 Å². The van der Waals surface area contributed by atoms with Crippen molar-refractivity contribution in [3.63, 3.8) is 0 Å². The van der Waals surface area contributed by atoms with Crippen molar-refractivity contribution in [2.75, 3.05) is 0 Å². The summed E-state index contributed by atoms with van der Waals surface area (Å²) in [6.45, 7) is 2.47. The van der Waals surface area contributed by atoms with Gasteiger partial charge in [-0.1, -0.05) is 12.2 Å². The molecule has 0 amide bonds. The summed E-state index contributed by atoms with van der Waals surface area (Å²) < 4.78 is 1.61. The zero-order valence-corrected chi connectivity index (χ0v) is 8.68. The molecule has 0 fully saturated rings. The van der Waals surface area contributed by atoms with Crippen molar-refractivity contribution in [1.29, 1.82) is 0 Å². The minimum absolute atomic E-state index is 0.321. The lowest BCUT2D eigenvalue weighted by atomic mass is 10.1. The van der Waals surface area contributed by atoms with Crippen LogP contribution < -0.4 is 0 Å². The monoisotopic (exact) mass is 206 g/mol. The predicted molar refractivity (Wildman–Crippen MR) is 55.8 cm³/mol. The van der Waals surface area contributed by atoms with Crippen molar-refractivity contribution >= 4 is 5.97 Å². The Hall–Kier alpha value is -1.58. The van der Waals surface area contributed by atoms with Gasteiger partial charge in [0, 0.05) is 12.1 Å². The van der Waals surface area contributed by atoms with Crippen LogP contribution in [-0.2, 0) is 6.54 Å². The Bertz CT molecular complexity index is 399.